The number of nitrogens with two attached hydrogens (primary N) is 1. The highest BCUT2D eigenvalue weighted by atomic mass is 19.1. The Bertz CT molecular complexity index is 752. The van der Waals surface area contributed by atoms with Gasteiger partial charge in [0.1, 0.15) is 5.82 Å². The number of carbonyl (C=O) groups is 2. The predicted octanol–water partition coefficient (Wildman–Crippen LogP) is 2.57. The minimum absolute atomic E-state index is 0.0231. The van der Waals surface area contributed by atoms with Crippen LogP contribution in [0.15, 0.2) is 48.5 Å². The first-order chi connectivity index (χ1) is 11.9. The highest BCUT2D eigenvalue weighted by molar-refractivity contribution is 5.96. The van der Waals surface area contributed by atoms with Crippen LogP contribution in [0.25, 0.3) is 0 Å². The lowest BCUT2D eigenvalue weighted by molar-refractivity contribution is 0.1000. The zero-order valence-corrected chi connectivity index (χ0v) is 14.1. The van der Waals surface area contributed by atoms with Crippen molar-refractivity contribution >= 4 is 23.3 Å². The number of nitrogens with zero attached hydrogens (tertiary/aromatic N) is 1. The Kier molecular flexibility index (Phi) is 5.94. The molecule has 2 aromatic carbocycles. The van der Waals surface area contributed by atoms with Gasteiger partial charge in [0.05, 0.1) is 5.69 Å². The Morgan fingerprint density at radius 3 is 2.52 bits per heavy atom. The van der Waals surface area contributed by atoms with Gasteiger partial charge in [0.15, 0.2) is 0 Å². The minimum Gasteiger partial charge on any atom is -0.370 e. The Hall–Kier alpha value is -3.09. The van der Waals surface area contributed by atoms with Crippen LogP contribution in [0.5, 0.6) is 0 Å². The zero-order chi connectivity index (χ0) is 18.4. The van der Waals surface area contributed by atoms with Crippen LogP contribution < -0.4 is 21.3 Å². The maximum Gasteiger partial charge on any atom is 0.319 e. The summed E-state index contributed by atoms with van der Waals surface area (Å²) in [6, 6.07) is 12.8. The number of primary amides is 1. The molecule has 0 saturated carbocycles. The topological polar surface area (TPSA) is 87.5 Å². The zero-order valence-electron chi connectivity index (χ0n) is 14.1. The van der Waals surface area contributed by atoms with Gasteiger partial charge in [-0.15, -0.1) is 0 Å². The first-order valence-electron chi connectivity index (χ1n) is 7.80. The molecule has 0 heterocycles. The smallest absolute Gasteiger partial charge is 0.319 e. The van der Waals surface area contributed by atoms with E-state index in [1.165, 1.54) is 12.1 Å². The molecular weight excluding hydrogens is 323 g/mol. The van der Waals surface area contributed by atoms with E-state index in [1.54, 1.807) is 0 Å². The number of urea groups is 1. The van der Waals surface area contributed by atoms with Crippen molar-refractivity contribution in [2.75, 3.05) is 23.8 Å². The third-order valence-corrected chi connectivity index (χ3v) is 3.88. The summed E-state index contributed by atoms with van der Waals surface area (Å²) in [5.74, 6) is -1.34. The summed E-state index contributed by atoms with van der Waals surface area (Å²) < 4.78 is 13.7. The highest BCUT2D eigenvalue weighted by Gasteiger charge is 2.13. The Balaban J connectivity index is 1.92. The van der Waals surface area contributed by atoms with Crippen molar-refractivity contribution in [3.63, 3.8) is 0 Å². The van der Waals surface area contributed by atoms with Crippen molar-refractivity contribution in [1.82, 2.24) is 5.32 Å². The first-order valence-corrected chi connectivity index (χ1v) is 7.80. The third-order valence-electron chi connectivity index (χ3n) is 3.88. The molecule has 6 nitrogen and oxygen atoms in total. The largest absolute Gasteiger partial charge is 0.370 e. The molecule has 0 fully saturated rings. The number of benzene rings is 2. The number of anilines is 2. The predicted molar refractivity (Wildman–Crippen MR) is 96.2 cm³/mol. The fourth-order valence-corrected chi connectivity index (χ4v) is 2.24. The number of hydrogen-bond donors (Lipinski definition) is 3. The number of rotatable bonds is 6. The van der Waals surface area contributed by atoms with Crippen LogP contribution in [0.4, 0.5) is 20.6 Å². The first kappa shape index (κ1) is 18.3. The van der Waals surface area contributed by atoms with Gasteiger partial charge in [-0.3, -0.25) is 4.79 Å². The lowest BCUT2D eigenvalue weighted by Gasteiger charge is -2.27. The molecular formula is C18H21FN4O2. The molecule has 25 heavy (non-hydrogen) atoms. The van der Waals surface area contributed by atoms with Gasteiger partial charge in [0, 0.05) is 30.9 Å². The van der Waals surface area contributed by atoms with E-state index in [0.29, 0.717) is 6.54 Å². The van der Waals surface area contributed by atoms with Crippen molar-refractivity contribution in [2.45, 2.75) is 13.0 Å². The van der Waals surface area contributed by atoms with Crippen molar-refractivity contribution in [1.29, 1.82) is 0 Å². The van der Waals surface area contributed by atoms with E-state index >= 15 is 0 Å². The van der Waals surface area contributed by atoms with E-state index < -0.39 is 17.8 Å². The van der Waals surface area contributed by atoms with E-state index in [1.807, 2.05) is 49.2 Å². The van der Waals surface area contributed by atoms with E-state index in [0.717, 1.165) is 11.8 Å². The maximum atomic E-state index is 13.7. The minimum atomic E-state index is -0.693. The molecule has 4 N–H and O–H groups in total. The molecule has 0 bridgehead atoms. The Morgan fingerprint density at radius 2 is 1.88 bits per heavy atom. The van der Waals surface area contributed by atoms with Crippen LogP contribution in [0.3, 0.4) is 0 Å². The summed E-state index contributed by atoms with van der Waals surface area (Å²) >= 11 is 0. The highest BCUT2D eigenvalue weighted by Crippen LogP contribution is 2.16. The average molecular weight is 344 g/mol. The van der Waals surface area contributed by atoms with E-state index in [2.05, 4.69) is 10.6 Å². The van der Waals surface area contributed by atoms with E-state index in [9.17, 15) is 14.0 Å². The van der Waals surface area contributed by atoms with Gasteiger partial charge in [0.25, 0.3) is 0 Å². The number of hydrogen-bond acceptors (Lipinski definition) is 3. The SMILES string of the molecule is C[C@@H](CNC(=O)Nc1cc(C(N)=O)ccc1F)N(C)c1ccccc1. The summed E-state index contributed by atoms with van der Waals surface area (Å²) in [5, 5.41) is 5.07. The fourth-order valence-electron chi connectivity index (χ4n) is 2.24. The molecule has 7 heteroatoms. The van der Waals surface area contributed by atoms with Crippen LogP contribution in [-0.4, -0.2) is 31.6 Å². The monoisotopic (exact) mass is 344 g/mol. The molecule has 0 aliphatic carbocycles. The van der Waals surface area contributed by atoms with Crippen LogP contribution >= 0.6 is 0 Å². The molecule has 0 unspecified atom stereocenters. The van der Waals surface area contributed by atoms with Gasteiger partial charge in [-0.1, -0.05) is 18.2 Å². The molecule has 1 atom stereocenters. The lowest BCUT2D eigenvalue weighted by atomic mass is 10.2. The van der Waals surface area contributed by atoms with Gasteiger partial charge in [-0.05, 0) is 37.3 Å². The van der Waals surface area contributed by atoms with Gasteiger partial charge in [0.2, 0.25) is 5.91 Å². The molecule has 0 radical (unpaired) electrons. The average Bonchev–Trinajstić information content (AvgIpc) is 2.61. The van der Waals surface area contributed by atoms with Crippen molar-refractivity contribution < 1.29 is 14.0 Å². The van der Waals surface area contributed by atoms with E-state index in [4.69, 9.17) is 5.73 Å². The number of likely N-dealkylation sites (N-methyl/N-ethyl adjacent to an activating group) is 1. The third kappa shape index (κ3) is 4.94. The standard InChI is InChI=1S/C18H21FN4O2/c1-12(23(2)14-6-4-3-5-7-14)11-21-18(25)22-16-10-13(17(20)24)8-9-15(16)19/h3-10,12H,11H2,1-2H3,(H2,20,24)(H2,21,22,25)/t12-/m0/s1. The summed E-state index contributed by atoms with van der Waals surface area (Å²) in [5.41, 5.74) is 6.20. The number of para-hydroxylation sites is 1. The quantitative estimate of drug-likeness (QED) is 0.753. The number of amides is 3. The molecule has 0 spiro atoms. The normalized spacial score (nSPS) is 11.5. The molecule has 0 aliphatic heterocycles. The Labute approximate surface area is 145 Å². The van der Waals surface area contributed by atoms with Gasteiger partial charge >= 0.3 is 6.03 Å². The van der Waals surface area contributed by atoms with Gasteiger partial charge in [-0.2, -0.15) is 0 Å². The molecule has 0 saturated heterocycles. The second kappa shape index (κ2) is 8.14. The second-order valence-electron chi connectivity index (χ2n) is 5.69. The molecule has 2 aromatic rings. The van der Waals surface area contributed by atoms with Crippen LogP contribution in [0.1, 0.15) is 17.3 Å². The fraction of sp³-hybridized carbons (Fsp3) is 0.222. The number of nitrogens with one attached hydrogen (secondary N) is 2. The van der Waals surface area contributed by atoms with Gasteiger partial charge in [-0.25, -0.2) is 9.18 Å². The molecule has 0 aromatic heterocycles. The van der Waals surface area contributed by atoms with Crippen molar-refractivity contribution in [3.8, 4) is 0 Å². The molecule has 132 valence electrons. The summed E-state index contributed by atoms with van der Waals surface area (Å²) in [4.78, 5) is 25.1. The summed E-state index contributed by atoms with van der Waals surface area (Å²) in [6.07, 6.45) is 0. The van der Waals surface area contributed by atoms with Crippen molar-refractivity contribution in [2.24, 2.45) is 5.73 Å². The van der Waals surface area contributed by atoms with Gasteiger partial charge < -0.3 is 21.3 Å². The number of halogens is 1. The van der Waals surface area contributed by atoms with Crippen LogP contribution in [0, 0.1) is 5.82 Å². The summed E-state index contributed by atoms with van der Waals surface area (Å²) in [7, 11) is 1.93. The maximum absolute atomic E-state index is 13.7. The second-order valence-corrected chi connectivity index (χ2v) is 5.69. The molecule has 3 amide bonds. The lowest BCUT2D eigenvalue weighted by Crippen LogP contribution is -2.41. The van der Waals surface area contributed by atoms with Crippen molar-refractivity contribution in [3.05, 3.63) is 59.9 Å². The molecule has 2 rings (SSSR count). The number of carbonyl (C=O) groups excluding carboxylic acids is 2. The van der Waals surface area contributed by atoms with Crippen LogP contribution in [-0.2, 0) is 0 Å². The Morgan fingerprint density at radius 1 is 1.20 bits per heavy atom. The summed E-state index contributed by atoms with van der Waals surface area (Å²) in [6.45, 7) is 2.32. The molecule has 0 aliphatic rings. The van der Waals surface area contributed by atoms with E-state index in [-0.39, 0.29) is 17.3 Å². The van der Waals surface area contributed by atoms with Crippen LogP contribution in [0.2, 0.25) is 0 Å².